The molecule has 0 saturated heterocycles. The fourth-order valence-electron chi connectivity index (χ4n) is 1.47. The summed E-state index contributed by atoms with van der Waals surface area (Å²) in [6.45, 7) is 1.98. The SMILES string of the molecule is COc1ccc(C[C@H](C)CC=O)c(O)c1. The predicted molar refractivity (Wildman–Crippen MR) is 58.2 cm³/mol. The Morgan fingerprint density at radius 2 is 2.27 bits per heavy atom. The molecular formula is C12H16O3. The standard InChI is InChI=1S/C12H16O3/c1-9(5-6-13)7-10-3-4-11(15-2)8-12(10)14/h3-4,6,8-9,14H,5,7H2,1-2H3/t9-/m1/s1. The lowest BCUT2D eigenvalue weighted by molar-refractivity contribution is -0.108. The molecule has 0 fully saturated rings. The van der Waals surface area contributed by atoms with Gasteiger partial charge in [0.2, 0.25) is 0 Å². The number of hydrogen-bond acceptors (Lipinski definition) is 3. The van der Waals surface area contributed by atoms with E-state index in [1.165, 1.54) is 0 Å². The van der Waals surface area contributed by atoms with Crippen LogP contribution in [-0.2, 0) is 11.2 Å². The minimum Gasteiger partial charge on any atom is -0.508 e. The molecule has 82 valence electrons. The van der Waals surface area contributed by atoms with Gasteiger partial charge in [-0.25, -0.2) is 0 Å². The maximum Gasteiger partial charge on any atom is 0.122 e. The van der Waals surface area contributed by atoms with Crippen molar-refractivity contribution in [2.75, 3.05) is 7.11 Å². The molecule has 1 atom stereocenters. The van der Waals surface area contributed by atoms with Gasteiger partial charge in [-0.15, -0.1) is 0 Å². The molecule has 1 aromatic carbocycles. The monoisotopic (exact) mass is 208 g/mol. The zero-order valence-electron chi connectivity index (χ0n) is 9.06. The van der Waals surface area contributed by atoms with Gasteiger partial charge < -0.3 is 14.6 Å². The summed E-state index contributed by atoms with van der Waals surface area (Å²) in [5.41, 5.74) is 0.852. The summed E-state index contributed by atoms with van der Waals surface area (Å²) in [5, 5.41) is 9.67. The second-order valence-corrected chi connectivity index (χ2v) is 3.71. The highest BCUT2D eigenvalue weighted by Crippen LogP contribution is 2.25. The van der Waals surface area contributed by atoms with Gasteiger partial charge in [0.05, 0.1) is 7.11 Å². The van der Waals surface area contributed by atoms with Crippen molar-refractivity contribution in [3.05, 3.63) is 23.8 Å². The van der Waals surface area contributed by atoms with Gasteiger partial charge in [-0.3, -0.25) is 0 Å². The highest BCUT2D eigenvalue weighted by atomic mass is 16.5. The normalized spacial score (nSPS) is 12.1. The van der Waals surface area contributed by atoms with Gasteiger partial charge in [0, 0.05) is 12.5 Å². The molecule has 1 rings (SSSR count). The summed E-state index contributed by atoms with van der Waals surface area (Å²) in [7, 11) is 1.56. The molecule has 15 heavy (non-hydrogen) atoms. The van der Waals surface area contributed by atoms with Crippen molar-refractivity contribution < 1.29 is 14.6 Å². The van der Waals surface area contributed by atoms with Crippen molar-refractivity contribution in [3.63, 3.8) is 0 Å². The maximum atomic E-state index is 10.3. The molecule has 0 aromatic heterocycles. The third-order valence-corrected chi connectivity index (χ3v) is 2.36. The topological polar surface area (TPSA) is 46.5 Å². The Kier molecular flexibility index (Phi) is 4.16. The highest BCUT2D eigenvalue weighted by molar-refractivity contribution is 5.50. The lowest BCUT2D eigenvalue weighted by Crippen LogP contribution is -2.00. The predicted octanol–water partition coefficient (Wildman–Crippen LogP) is 2.17. The summed E-state index contributed by atoms with van der Waals surface area (Å²) >= 11 is 0. The lowest BCUT2D eigenvalue weighted by Gasteiger charge is -2.10. The van der Waals surface area contributed by atoms with E-state index < -0.39 is 0 Å². The number of methoxy groups -OCH3 is 1. The van der Waals surface area contributed by atoms with E-state index in [2.05, 4.69) is 0 Å². The summed E-state index contributed by atoms with van der Waals surface area (Å²) in [5.74, 6) is 1.12. The molecule has 1 N–H and O–H groups in total. The van der Waals surface area contributed by atoms with E-state index in [0.29, 0.717) is 18.6 Å². The number of phenolic OH excluding ortho intramolecular Hbond substituents is 1. The Bertz CT molecular complexity index is 334. The fraction of sp³-hybridized carbons (Fsp3) is 0.417. The summed E-state index contributed by atoms with van der Waals surface area (Å²) in [6.07, 6.45) is 2.13. The largest absolute Gasteiger partial charge is 0.508 e. The van der Waals surface area contributed by atoms with E-state index in [9.17, 15) is 9.90 Å². The molecular weight excluding hydrogens is 192 g/mol. The zero-order chi connectivity index (χ0) is 11.3. The molecule has 3 heteroatoms. The van der Waals surface area contributed by atoms with Crippen LogP contribution in [0.1, 0.15) is 18.9 Å². The molecule has 0 aliphatic carbocycles. The Morgan fingerprint density at radius 1 is 1.53 bits per heavy atom. The maximum absolute atomic E-state index is 10.3. The van der Waals surface area contributed by atoms with E-state index in [4.69, 9.17) is 4.74 Å². The van der Waals surface area contributed by atoms with Gasteiger partial charge in [0.15, 0.2) is 0 Å². The Morgan fingerprint density at radius 3 is 2.80 bits per heavy atom. The van der Waals surface area contributed by atoms with Crippen LogP contribution in [-0.4, -0.2) is 18.5 Å². The average molecular weight is 208 g/mol. The number of phenols is 1. The molecule has 0 aliphatic heterocycles. The first kappa shape index (κ1) is 11.6. The fourth-order valence-corrected chi connectivity index (χ4v) is 1.47. The second-order valence-electron chi connectivity index (χ2n) is 3.71. The first-order valence-corrected chi connectivity index (χ1v) is 4.97. The smallest absolute Gasteiger partial charge is 0.122 e. The van der Waals surface area contributed by atoms with Crippen molar-refractivity contribution in [2.24, 2.45) is 5.92 Å². The zero-order valence-corrected chi connectivity index (χ0v) is 9.06. The molecule has 3 nitrogen and oxygen atoms in total. The first-order chi connectivity index (χ1) is 7.17. The number of aldehydes is 1. The van der Waals surface area contributed by atoms with Crippen molar-refractivity contribution in [1.82, 2.24) is 0 Å². The molecule has 0 saturated carbocycles. The second kappa shape index (κ2) is 5.39. The van der Waals surface area contributed by atoms with Crippen LogP contribution in [0.25, 0.3) is 0 Å². The van der Waals surface area contributed by atoms with Crippen LogP contribution < -0.4 is 4.74 Å². The number of benzene rings is 1. The molecule has 0 radical (unpaired) electrons. The van der Waals surface area contributed by atoms with E-state index in [1.807, 2.05) is 19.1 Å². The molecule has 0 aliphatic rings. The van der Waals surface area contributed by atoms with Gasteiger partial charge >= 0.3 is 0 Å². The van der Waals surface area contributed by atoms with Crippen LogP contribution in [0.2, 0.25) is 0 Å². The van der Waals surface area contributed by atoms with Crippen molar-refractivity contribution in [2.45, 2.75) is 19.8 Å². The first-order valence-electron chi connectivity index (χ1n) is 4.97. The minimum absolute atomic E-state index is 0.229. The highest BCUT2D eigenvalue weighted by Gasteiger charge is 2.07. The van der Waals surface area contributed by atoms with Crippen molar-refractivity contribution in [3.8, 4) is 11.5 Å². The number of hydrogen-bond donors (Lipinski definition) is 1. The number of carbonyl (C=O) groups excluding carboxylic acids is 1. The summed E-state index contributed by atoms with van der Waals surface area (Å²) in [6, 6.07) is 5.22. The quantitative estimate of drug-likeness (QED) is 0.754. The van der Waals surface area contributed by atoms with E-state index in [1.54, 1.807) is 13.2 Å². The third-order valence-electron chi connectivity index (χ3n) is 2.36. The Labute approximate surface area is 89.7 Å². The molecule has 0 amide bonds. The summed E-state index contributed by atoms with van der Waals surface area (Å²) in [4.78, 5) is 10.3. The van der Waals surface area contributed by atoms with Gasteiger partial charge in [0.1, 0.15) is 17.8 Å². The van der Waals surface area contributed by atoms with Crippen LogP contribution in [0.5, 0.6) is 11.5 Å². The van der Waals surface area contributed by atoms with Gasteiger partial charge in [-0.05, 0) is 24.0 Å². The van der Waals surface area contributed by atoms with E-state index in [0.717, 1.165) is 11.8 Å². The molecule has 0 bridgehead atoms. The number of rotatable bonds is 5. The van der Waals surface area contributed by atoms with Crippen LogP contribution in [0.4, 0.5) is 0 Å². The van der Waals surface area contributed by atoms with E-state index >= 15 is 0 Å². The molecule has 0 unspecified atom stereocenters. The van der Waals surface area contributed by atoms with Gasteiger partial charge in [-0.1, -0.05) is 13.0 Å². The van der Waals surface area contributed by atoms with Crippen LogP contribution in [0.15, 0.2) is 18.2 Å². The van der Waals surface area contributed by atoms with Crippen LogP contribution in [0.3, 0.4) is 0 Å². The number of carbonyl (C=O) groups is 1. The van der Waals surface area contributed by atoms with Gasteiger partial charge in [0.25, 0.3) is 0 Å². The minimum atomic E-state index is 0.229. The lowest BCUT2D eigenvalue weighted by atomic mass is 9.98. The van der Waals surface area contributed by atoms with Crippen LogP contribution >= 0.6 is 0 Å². The van der Waals surface area contributed by atoms with Crippen LogP contribution in [0, 0.1) is 5.92 Å². The van der Waals surface area contributed by atoms with Crippen molar-refractivity contribution in [1.29, 1.82) is 0 Å². The Balaban J connectivity index is 2.73. The molecule has 0 heterocycles. The van der Waals surface area contributed by atoms with Gasteiger partial charge in [-0.2, -0.15) is 0 Å². The number of aromatic hydroxyl groups is 1. The average Bonchev–Trinajstić information content (AvgIpc) is 2.21. The number of ether oxygens (including phenoxy) is 1. The van der Waals surface area contributed by atoms with Crippen molar-refractivity contribution >= 4 is 6.29 Å². The molecule has 0 spiro atoms. The third kappa shape index (κ3) is 3.27. The molecule has 1 aromatic rings. The Hall–Kier alpha value is -1.51. The summed E-state index contributed by atoms with van der Waals surface area (Å²) < 4.78 is 4.99. The van der Waals surface area contributed by atoms with E-state index in [-0.39, 0.29) is 11.7 Å².